The monoisotopic (exact) mass is 325 g/mol. The van der Waals surface area contributed by atoms with Crippen molar-refractivity contribution in [2.45, 2.75) is 26.0 Å². The van der Waals surface area contributed by atoms with Crippen LogP contribution in [0, 0.1) is 0 Å². The van der Waals surface area contributed by atoms with Crippen LogP contribution >= 0.6 is 0 Å². The summed E-state index contributed by atoms with van der Waals surface area (Å²) in [4.78, 5) is 29.4. The number of carbonyl (C=O) groups excluding carboxylic acids is 2. The van der Waals surface area contributed by atoms with E-state index in [1.54, 1.807) is 13.1 Å². The number of nitrogens with one attached hydrogen (secondary N) is 1. The molecule has 2 amide bonds. The predicted octanol–water partition coefficient (Wildman–Crippen LogP) is 2.22. The van der Waals surface area contributed by atoms with E-state index in [9.17, 15) is 9.59 Å². The van der Waals surface area contributed by atoms with E-state index >= 15 is 0 Å². The standard InChI is InChI=1S/C18H19N3O3/c1-2-21-17(22)11-16(18(21)23)20-13-7-5-8-15(10-13)24-12-14-6-3-4-9-19-14/h3-10,16,20H,2,11-12H2,1H3/t16-/m1/s1. The number of likely N-dealkylation sites (N-methyl/N-ethyl adjacent to an activating group) is 1. The number of aromatic nitrogens is 1. The molecule has 2 aromatic rings. The molecular weight excluding hydrogens is 306 g/mol. The van der Waals surface area contributed by atoms with Crippen LogP contribution in [0.4, 0.5) is 5.69 Å². The van der Waals surface area contributed by atoms with Crippen molar-refractivity contribution in [3.8, 4) is 5.75 Å². The minimum atomic E-state index is -0.511. The molecule has 0 saturated carbocycles. The van der Waals surface area contributed by atoms with Crippen LogP contribution in [0.3, 0.4) is 0 Å². The number of pyridine rings is 1. The van der Waals surface area contributed by atoms with Crippen molar-refractivity contribution >= 4 is 17.5 Å². The summed E-state index contributed by atoms with van der Waals surface area (Å²) < 4.78 is 5.72. The Bertz CT molecular complexity index is 733. The number of anilines is 1. The summed E-state index contributed by atoms with van der Waals surface area (Å²) in [6, 6.07) is 12.5. The highest BCUT2D eigenvalue weighted by Gasteiger charge is 2.37. The molecule has 1 fully saturated rings. The largest absolute Gasteiger partial charge is 0.487 e. The van der Waals surface area contributed by atoms with Crippen LogP contribution in [0.25, 0.3) is 0 Å². The number of hydrogen-bond donors (Lipinski definition) is 1. The maximum atomic E-state index is 12.2. The molecule has 1 N–H and O–H groups in total. The maximum Gasteiger partial charge on any atom is 0.252 e. The topological polar surface area (TPSA) is 71.5 Å². The normalized spacial score (nSPS) is 17.2. The van der Waals surface area contributed by atoms with E-state index in [-0.39, 0.29) is 18.2 Å². The summed E-state index contributed by atoms with van der Waals surface area (Å²) in [6.07, 6.45) is 1.91. The van der Waals surface area contributed by atoms with E-state index in [1.165, 1.54) is 4.90 Å². The zero-order chi connectivity index (χ0) is 16.9. The number of benzene rings is 1. The highest BCUT2D eigenvalue weighted by molar-refractivity contribution is 6.06. The lowest BCUT2D eigenvalue weighted by Crippen LogP contribution is -2.34. The van der Waals surface area contributed by atoms with Gasteiger partial charge in [0.15, 0.2) is 0 Å². The molecule has 6 heteroatoms. The van der Waals surface area contributed by atoms with Gasteiger partial charge in [0.1, 0.15) is 18.4 Å². The molecule has 0 unspecified atom stereocenters. The Labute approximate surface area is 140 Å². The molecule has 1 atom stereocenters. The first-order valence-corrected chi connectivity index (χ1v) is 7.91. The molecule has 1 aliphatic heterocycles. The summed E-state index contributed by atoms with van der Waals surface area (Å²) in [5.41, 5.74) is 1.59. The maximum absolute atomic E-state index is 12.2. The molecule has 24 heavy (non-hydrogen) atoms. The molecule has 0 radical (unpaired) electrons. The van der Waals surface area contributed by atoms with Gasteiger partial charge in [0.05, 0.1) is 12.1 Å². The number of hydrogen-bond acceptors (Lipinski definition) is 5. The molecule has 0 bridgehead atoms. The molecule has 3 rings (SSSR count). The molecule has 1 aromatic carbocycles. The Balaban J connectivity index is 1.63. The summed E-state index contributed by atoms with van der Waals surface area (Å²) in [5, 5.41) is 3.12. The quantitative estimate of drug-likeness (QED) is 0.825. The average Bonchev–Trinajstić information content (AvgIpc) is 2.87. The molecule has 1 aromatic heterocycles. The van der Waals surface area contributed by atoms with Gasteiger partial charge in [-0.15, -0.1) is 0 Å². The summed E-state index contributed by atoms with van der Waals surface area (Å²) >= 11 is 0. The lowest BCUT2D eigenvalue weighted by Gasteiger charge is -2.15. The third-order valence-corrected chi connectivity index (χ3v) is 3.85. The zero-order valence-electron chi connectivity index (χ0n) is 13.4. The van der Waals surface area contributed by atoms with Gasteiger partial charge in [-0.25, -0.2) is 0 Å². The third-order valence-electron chi connectivity index (χ3n) is 3.85. The van der Waals surface area contributed by atoms with Gasteiger partial charge in [-0.2, -0.15) is 0 Å². The van der Waals surface area contributed by atoms with Gasteiger partial charge in [0, 0.05) is 24.5 Å². The number of nitrogens with zero attached hydrogens (tertiary/aromatic N) is 2. The van der Waals surface area contributed by atoms with Crippen LogP contribution in [-0.2, 0) is 16.2 Å². The van der Waals surface area contributed by atoms with E-state index in [1.807, 2.05) is 42.5 Å². The SMILES string of the molecule is CCN1C(=O)C[C@@H](Nc2cccc(OCc3ccccn3)c2)C1=O. The molecule has 124 valence electrons. The predicted molar refractivity (Wildman–Crippen MR) is 89.4 cm³/mol. The van der Waals surface area contributed by atoms with Crippen molar-refractivity contribution < 1.29 is 14.3 Å². The van der Waals surface area contributed by atoms with E-state index in [2.05, 4.69) is 10.3 Å². The van der Waals surface area contributed by atoms with E-state index < -0.39 is 6.04 Å². The fourth-order valence-corrected chi connectivity index (χ4v) is 2.65. The Morgan fingerprint density at radius 1 is 1.25 bits per heavy atom. The van der Waals surface area contributed by atoms with Crippen LogP contribution in [0.15, 0.2) is 48.7 Å². The van der Waals surface area contributed by atoms with E-state index in [0.29, 0.717) is 18.9 Å². The second kappa shape index (κ2) is 7.12. The van der Waals surface area contributed by atoms with Crippen LogP contribution in [0.1, 0.15) is 19.0 Å². The Morgan fingerprint density at radius 3 is 2.83 bits per heavy atom. The van der Waals surface area contributed by atoms with Gasteiger partial charge in [-0.05, 0) is 31.2 Å². The lowest BCUT2D eigenvalue weighted by molar-refractivity contribution is -0.138. The Hall–Kier alpha value is -2.89. The smallest absolute Gasteiger partial charge is 0.252 e. The molecule has 0 aliphatic carbocycles. The molecular formula is C18H19N3O3. The minimum Gasteiger partial charge on any atom is -0.487 e. The number of likely N-dealkylation sites (tertiary alicyclic amines) is 1. The van der Waals surface area contributed by atoms with Crippen LogP contribution < -0.4 is 10.1 Å². The van der Waals surface area contributed by atoms with Gasteiger partial charge in [-0.3, -0.25) is 19.5 Å². The Morgan fingerprint density at radius 2 is 2.12 bits per heavy atom. The van der Waals surface area contributed by atoms with Crippen molar-refractivity contribution in [3.05, 3.63) is 54.4 Å². The summed E-state index contributed by atoms with van der Waals surface area (Å²) in [6.45, 7) is 2.57. The Kier molecular flexibility index (Phi) is 4.74. The van der Waals surface area contributed by atoms with Gasteiger partial charge < -0.3 is 10.1 Å². The second-order valence-corrected chi connectivity index (χ2v) is 5.51. The van der Waals surface area contributed by atoms with Gasteiger partial charge in [0.25, 0.3) is 5.91 Å². The fraction of sp³-hybridized carbons (Fsp3) is 0.278. The van der Waals surface area contributed by atoms with Crippen molar-refractivity contribution in [2.75, 3.05) is 11.9 Å². The summed E-state index contributed by atoms with van der Waals surface area (Å²) in [7, 11) is 0. The number of carbonyl (C=O) groups is 2. The van der Waals surface area contributed by atoms with Crippen molar-refractivity contribution in [2.24, 2.45) is 0 Å². The van der Waals surface area contributed by atoms with Crippen molar-refractivity contribution in [3.63, 3.8) is 0 Å². The second-order valence-electron chi connectivity index (χ2n) is 5.51. The third kappa shape index (κ3) is 3.53. The first-order valence-electron chi connectivity index (χ1n) is 7.91. The molecule has 0 spiro atoms. The van der Waals surface area contributed by atoms with E-state index in [0.717, 1.165) is 11.4 Å². The molecule has 1 saturated heterocycles. The first kappa shape index (κ1) is 16.0. The number of imide groups is 1. The van der Waals surface area contributed by atoms with Crippen molar-refractivity contribution in [1.82, 2.24) is 9.88 Å². The molecule has 6 nitrogen and oxygen atoms in total. The summed E-state index contributed by atoms with van der Waals surface area (Å²) in [5.74, 6) is 0.361. The van der Waals surface area contributed by atoms with Crippen molar-refractivity contribution in [1.29, 1.82) is 0 Å². The van der Waals surface area contributed by atoms with Gasteiger partial charge >= 0.3 is 0 Å². The number of ether oxygens (including phenoxy) is 1. The number of rotatable bonds is 6. The van der Waals surface area contributed by atoms with Gasteiger partial charge in [0.2, 0.25) is 5.91 Å². The lowest BCUT2D eigenvalue weighted by atomic mass is 10.2. The fourth-order valence-electron chi connectivity index (χ4n) is 2.65. The molecule has 1 aliphatic rings. The minimum absolute atomic E-state index is 0.137. The number of amides is 2. The van der Waals surface area contributed by atoms with Gasteiger partial charge in [-0.1, -0.05) is 12.1 Å². The van der Waals surface area contributed by atoms with Crippen LogP contribution in [-0.4, -0.2) is 34.3 Å². The van der Waals surface area contributed by atoms with E-state index in [4.69, 9.17) is 4.74 Å². The first-order chi connectivity index (χ1) is 11.7. The zero-order valence-corrected chi connectivity index (χ0v) is 13.4. The van der Waals surface area contributed by atoms with Crippen LogP contribution in [0.5, 0.6) is 5.75 Å². The highest BCUT2D eigenvalue weighted by atomic mass is 16.5. The average molecular weight is 325 g/mol. The highest BCUT2D eigenvalue weighted by Crippen LogP contribution is 2.22. The van der Waals surface area contributed by atoms with Crippen LogP contribution in [0.2, 0.25) is 0 Å². The molecule has 2 heterocycles.